The van der Waals surface area contributed by atoms with E-state index in [0.717, 1.165) is 12.0 Å². The summed E-state index contributed by atoms with van der Waals surface area (Å²) >= 11 is 0. The fourth-order valence-electron chi connectivity index (χ4n) is 3.03. The third kappa shape index (κ3) is 4.42. The topological polar surface area (TPSA) is 87.6 Å². The number of fused-ring (bicyclic) bond motifs is 1. The van der Waals surface area contributed by atoms with E-state index >= 15 is 0 Å². The van der Waals surface area contributed by atoms with Crippen molar-refractivity contribution in [2.75, 3.05) is 6.54 Å². The lowest BCUT2D eigenvalue weighted by atomic mass is 10.0. The van der Waals surface area contributed by atoms with Crippen molar-refractivity contribution in [1.82, 2.24) is 10.0 Å². The number of rotatable bonds is 6. The van der Waals surface area contributed by atoms with E-state index in [1.165, 1.54) is 11.6 Å². The summed E-state index contributed by atoms with van der Waals surface area (Å²) in [6.07, 6.45) is 0.725. The molecule has 2 N–H and O–H groups in total. The summed E-state index contributed by atoms with van der Waals surface area (Å²) in [5.41, 5.74) is 2.94. The number of amidine groups is 1. The van der Waals surface area contributed by atoms with Gasteiger partial charge in [-0.2, -0.15) is 0 Å². The van der Waals surface area contributed by atoms with Gasteiger partial charge >= 0.3 is 0 Å². The molecule has 1 aliphatic rings. The maximum absolute atomic E-state index is 12.3. The van der Waals surface area contributed by atoms with Gasteiger partial charge in [0.15, 0.2) is 0 Å². The second kappa shape index (κ2) is 8.14. The van der Waals surface area contributed by atoms with E-state index in [2.05, 4.69) is 53.1 Å². The Balaban J connectivity index is 1.59. The molecule has 1 atom stereocenters. The Bertz CT molecular complexity index is 996. The standard InChI is InChI=1S/C21H25N3O3S/c1-14(2)17-10-8-16(9-11-17)12-13-22-21(25)15(3)23-20-18-6-4-5-7-19(18)28(26,27)24-20/h4-11,14-15H,12-13H2,1-3H3,(H,22,25)(H,23,24). The fraction of sp³-hybridized carbons (Fsp3) is 0.333. The molecule has 7 heteroatoms. The van der Waals surface area contributed by atoms with Crippen molar-refractivity contribution in [2.24, 2.45) is 4.99 Å². The molecular weight excluding hydrogens is 374 g/mol. The summed E-state index contributed by atoms with van der Waals surface area (Å²) < 4.78 is 26.7. The Hall–Kier alpha value is -2.67. The number of carbonyl (C=O) groups excluding carboxylic acids is 1. The van der Waals surface area contributed by atoms with Crippen molar-refractivity contribution in [3.8, 4) is 0 Å². The summed E-state index contributed by atoms with van der Waals surface area (Å²) in [4.78, 5) is 16.8. The average molecular weight is 400 g/mol. The summed E-state index contributed by atoms with van der Waals surface area (Å²) in [6.45, 7) is 6.45. The molecule has 0 aromatic heterocycles. The van der Waals surface area contributed by atoms with Gasteiger partial charge in [0.1, 0.15) is 11.9 Å². The third-order valence-corrected chi connectivity index (χ3v) is 6.12. The molecule has 1 unspecified atom stereocenters. The summed E-state index contributed by atoms with van der Waals surface area (Å²) in [7, 11) is -3.60. The number of aliphatic imine (C=N–C) groups is 1. The predicted octanol–water partition coefficient (Wildman–Crippen LogP) is 2.60. The van der Waals surface area contributed by atoms with Crippen molar-refractivity contribution >= 4 is 21.8 Å². The van der Waals surface area contributed by atoms with Gasteiger partial charge in [0, 0.05) is 12.1 Å². The van der Waals surface area contributed by atoms with Crippen LogP contribution in [0.15, 0.2) is 58.4 Å². The van der Waals surface area contributed by atoms with E-state index in [1.807, 2.05) is 0 Å². The minimum Gasteiger partial charge on any atom is -0.354 e. The maximum Gasteiger partial charge on any atom is 0.263 e. The van der Waals surface area contributed by atoms with E-state index < -0.39 is 16.1 Å². The van der Waals surface area contributed by atoms with Crippen LogP contribution in [0.1, 0.15) is 43.4 Å². The van der Waals surface area contributed by atoms with Crippen molar-refractivity contribution in [2.45, 2.75) is 44.0 Å². The lowest BCUT2D eigenvalue weighted by Gasteiger charge is -2.10. The number of nitrogens with zero attached hydrogens (tertiary/aromatic N) is 1. The molecule has 1 amide bonds. The second-order valence-electron chi connectivity index (χ2n) is 7.19. The normalized spacial score (nSPS) is 17.2. The number of hydrogen-bond donors (Lipinski definition) is 2. The predicted molar refractivity (Wildman–Crippen MR) is 110 cm³/mol. The van der Waals surface area contributed by atoms with Crippen LogP contribution < -0.4 is 10.0 Å². The molecule has 0 saturated carbocycles. The Labute approximate surface area is 166 Å². The number of amides is 1. The number of nitrogens with one attached hydrogen (secondary N) is 2. The number of carbonyl (C=O) groups is 1. The molecule has 0 bridgehead atoms. The van der Waals surface area contributed by atoms with Gasteiger partial charge in [0.25, 0.3) is 10.0 Å². The lowest BCUT2D eigenvalue weighted by Crippen LogP contribution is -2.35. The van der Waals surface area contributed by atoms with E-state index in [-0.39, 0.29) is 16.6 Å². The monoisotopic (exact) mass is 399 g/mol. The largest absolute Gasteiger partial charge is 0.354 e. The van der Waals surface area contributed by atoms with Gasteiger partial charge in [0.05, 0.1) is 4.90 Å². The minimum atomic E-state index is -3.60. The van der Waals surface area contributed by atoms with E-state index in [1.54, 1.807) is 25.1 Å². The highest BCUT2D eigenvalue weighted by Crippen LogP contribution is 2.22. The molecule has 0 radical (unpaired) electrons. The molecule has 6 nitrogen and oxygen atoms in total. The van der Waals surface area contributed by atoms with Gasteiger partial charge in [-0.3, -0.25) is 14.5 Å². The summed E-state index contributed by atoms with van der Waals surface area (Å²) in [5.74, 6) is 0.462. The molecule has 0 fully saturated rings. The quantitative estimate of drug-likeness (QED) is 0.783. The van der Waals surface area contributed by atoms with Gasteiger partial charge in [-0.15, -0.1) is 0 Å². The molecular formula is C21H25N3O3S. The summed E-state index contributed by atoms with van der Waals surface area (Å²) in [5, 5.41) is 2.86. The first-order valence-electron chi connectivity index (χ1n) is 9.34. The Morgan fingerprint density at radius 1 is 1.07 bits per heavy atom. The van der Waals surface area contributed by atoms with E-state index in [4.69, 9.17) is 0 Å². The van der Waals surface area contributed by atoms with Crippen LogP contribution in [0.4, 0.5) is 0 Å². The van der Waals surface area contributed by atoms with Crippen molar-refractivity contribution < 1.29 is 13.2 Å². The molecule has 1 heterocycles. The van der Waals surface area contributed by atoms with Crippen LogP contribution in [-0.4, -0.2) is 32.7 Å². The van der Waals surface area contributed by atoms with Gasteiger partial charge in [-0.1, -0.05) is 50.2 Å². The number of benzene rings is 2. The molecule has 3 rings (SSSR count). The van der Waals surface area contributed by atoms with E-state index in [0.29, 0.717) is 18.0 Å². The highest BCUT2D eigenvalue weighted by atomic mass is 32.2. The zero-order chi connectivity index (χ0) is 20.3. The molecule has 0 aliphatic carbocycles. The molecule has 0 saturated heterocycles. The second-order valence-corrected chi connectivity index (χ2v) is 8.84. The smallest absolute Gasteiger partial charge is 0.263 e. The molecule has 1 aliphatic heterocycles. The van der Waals surface area contributed by atoms with Crippen molar-refractivity contribution in [1.29, 1.82) is 0 Å². The average Bonchev–Trinajstić information content (AvgIpc) is 2.92. The van der Waals surface area contributed by atoms with Crippen LogP contribution in [0.25, 0.3) is 0 Å². The highest BCUT2D eigenvalue weighted by molar-refractivity contribution is 7.90. The van der Waals surface area contributed by atoms with Crippen LogP contribution in [0.3, 0.4) is 0 Å². The van der Waals surface area contributed by atoms with Gasteiger partial charge in [-0.05, 0) is 42.5 Å². The Morgan fingerprint density at radius 3 is 2.43 bits per heavy atom. The maximum atomic E-state index is 12.3. The van der Waals surface area contributed by atoms with Gasteiger partial charge in [-0.25, -0.2) is 8.42 Å². The molecule has 28 heavy (non-hydrogen) atoms. The molecule has 2 aromatic carbocycles. The van der Waals surface area contributed by atoms with E-state index in [9.17, 15) is 13.2 Å². The van der Waals surface area contributed by atoms with Gasteiger partial charge in [0.2, 0.25) is 5.91 Å². The Morgan fingerprint density at radius 2 is 1.75 bits per heavy atom. The van der Waals surface area contributed by atoms with Crippen molar-refractivity contribution in [3.05, 3.63) is 65.2 Å². The van der Waals surface area contributed by atoms with Gasteiger partial charge < -0.3 is 5.32 Å². The lowest BCUT2D eigenvalue weighted by molar-refractivity contribution is -0.121. The third-order valence-electron chi connectivity index (χ3n) is 4.72. The zero-order valence-electron chi connectivity index (χ0n) is 16.3. The number of sulfonamides is 1. The van der Waals surface area contributed by atoms with Crippen LogP contribution in [0.5, 0.6) is 0 Å². The van der Waals surface area contributed by atoms with Crippen LogP contribution in [-0.2, 0) is 21.2 Å². The summed E-state index contributed by atoms with van der Waals surface area (Å²) in [6, 6.07) is 14.3. The molecule has 2 aromatic rings. The molecule has 0 spiro atoms. The highest BCUT2D eigenvalue weighted by Gasteiger charge is 2.31. The van der Waals surface area contributed by atoms with Crippen LogP contribution in [0.2, 0.25) is 0 Å². The number of hydrogen-bond acceptors (Lipinski definition) is 4. The first kappa shape index (κ1) is 20.1. The fourth-order valence-corrected chi connectivity index (χ4v) is 4.27. The molecule has 148 valence electrons. The Kier molecular flexibility index (Phi) is 5.84. The van der Waals surface area contributed by atoms with Crippen LogP contribution in [0, 0.1) is 0 Å². The SMILES string of the molecule is CC(N=C1NS(=O)(=O)c2ccccc21)C(=O)NCCc1ccc(C(C)C)cc1. The van der Waals surface area contributed by atoms with Crippen LogP contribution >= 0.6 is 0 Å². The van der Waals surface area contributed by atoms with Crippen molar-refractivity contribution in [3.63, 3.8) is 0 Å². The zero-order valence-corrected chi connectivity index (χ0v) is 17.1. The minimum absolute atomic E-state index is 0.186. The first-order chi connectivity index (χ1) is 13.3. The first-order valence-corrected chi connectivity index (χ1v) is 10.8.